The van der Waals surface area contributed by atoms with Crippen molar-refractivity contribution in [2.75, 3.05) is 0 Å². The van der Waals surface area contributed by atoms with E-state index in [0.717, 1.165) is 13.0 Å². The third kappa shape index (κ3) is 3.06. The van der Waals surface area contributed by atoms with Crippen molar-refractivity contribution in [2.24, 2.45) is 0 Å². The van der Waals surface area contributed by atoms with E-state index < -0.39 is 0 Å². The zero-order chi connectivity index (χ0) is 13.1. The Balaban J connectivity index is 1.59. The number of hydrogen-bond acceptors (Lipinski definition) is 2. The summed E-state index contributed by atoms with van der Waals surface area (Å²) in [6.45, 7) is 3.17. The average Bonchev–Trinajstić information content (AvgIpc) is 3.06. The lowest BCUT2D eigenvalue weighted by Gasteiger charge is -2.13. The first-order valence-corrected chi connectivity index (χ1v) is 7.51. The fraction of sp³-hybridized carbons (Fsp3) is 0.250. The van der Waals surface area contributed by atoms with Crippen LogP contribution in [0.4, 0.5) is 0 Å². The molecule has 0 bridgehead atoms. The fourth-order valence-electron chi connectivity index (χ4n) is 2.31. The molecule has 0 aliphatic rings. The second-order valence-electron chi connectivity index (χ2n) is 4.96. The van der Waals surface area contributed by atoms with E-state index in [2.05, 4.69) is 59.0 Å². The summed E-state index contributed by atoms with van der Waals surface area (Å²) < 4.78 is 0. The number of hydrogen-bond donors (Lipinski definition) is 2. The molecule has 3 rings (SSSR count). The Bertz CT molecular complexity index is 640. The lowest BCUT2D eigenvalue weighted by atomic mass is 10.1. The highest BCUT2D eigenvalue weighted by atomic mass is 32.1. The first-order chi connectivity index (χ1) is 9.31. The molecule has 0 fully saturated rings. The van der Waals surface area contributed by atoms with Crippen LogP contribution >= 0.6 is 11.3 Å². The van der Waals surface area contributed by atoms with Gasteiger partial charge in [0.15, 0.2) is 0 Å². The molecule has 0 radical (unpaired) electrons. The molecule has 0 saturated heterocycles. The largest absolute Gasteiger partial charge is 0.361 e. The van der Waals surface area contributed by atoms with Gasteiger partial charge in [0.05, 0.1) is 0 Å². The highest BCUT2D eigenvalue weighted by Gasteiger charge is 2.04. The SMILES string of the molecule is CC(Cc1cccs1)NCc1ccc2[nH]ccc2c1. The smallest absolute Gasteiger partial charge is 0.0454 e. The third-order valence-electron chi connectivity index (χ3n) is 3.36. The number of thiophene rings is 1. The lowest BCUT2D eigenvalue weighted by Crippen LogP contribution is -2.27. The van der Waals surface area contributed by atoms with Crippen molar-refractivity contribution in [3.63, 3.8) is 0 Å². The molecule has 3 heteroatoms. The normalized spacial score (nSPS) is 12.9. The van der Waals surface area contributed by atoms with Crippen LogP contribution in [0.3, 0.4) is 0 Å². The van der Waals surface area contributed by atoms with Gasteiger partial charge in [-0.3, -0.25) is 0 Å². The van der Waals surface area contributed by atoms with E-state index in [1.54, 1.807) is 0 Å². The Morgan fingerprint density at radius 1 is 1.26 bits per heavy atom. The van der Waals surface area contributed by atoms with Crippen LogP contribution in [-0.2, 0) is 13.0 Å². The maximum atomic E-state index is 3.59. The molecule has 1 atom stereocenters. The first kappa shape index (κ1) is 12.5. The van der Waals surface area contributed by atoms with E-state index in [9.17, 15) is 0 Å². The molecule has 2 aromatic heterocycles. The minimum Gasteiger partial charge on any atom is -0.361 e. The Kier molecular flexibility index (Phi) is 3.67. The summed E-state index contributed by atoms with van der Waals surface area (Å²) in [5.74, 6) is 0. The molecule has 3 aromatic rings. The zero-order valence-corrected chi connectivity index (χ0v) is 11.8. The van der Waals surface area contributed by atoms with Gasteiger partial charge < -0.3 is 10.3 Å². The standard InChI is InChI=1S/C16H18N2S/c1-12(9-15-3-2-8-19-15)18-11-13-4-5-16-14(10-13)6-7-17-16/h2-8,10,12,17-18H,9,11H2,1H3. The number of benzene rings is 1. The van der Waals surface area contributed by atoms with Crippen molar-refractivity contribution in [3.8, 4) is 0 Å². The van der Waals surface area contributed by atoms with Gasteiger partial charge in [0.25, 0.3) is 0 Å². The van der Waals surface area contributed by atoms with Gasteiger partial charge in [-0.2, -0.15) is 0 Å². The summed E-state index contributed by atoms with van der Waals surface area (Å²) in [4.78, 5) is 4.67. The van der Waals surface area contributed by atoms with Crippen LogP contribution in [-0.4, -0.2) is 11.0 Å². The second kappa shape index (κ2) is 5.59. The van der Waals surface area contributed by atoms with E-state index in [-0.39, 0.29) is 0 Å². The molecule has 1 aromatic carbocycles. The van der Waals surface area contributed by atoms with Gasteiger partial charge in [-0.15, -0.1) is 11.3 Å². The van der Waals surface area contributed by atoms with Crippen LogP contribution in [0.5, 0.6) is 0 Å². The van der Waals surface area contributed by atoms with Crippen LogP contribution in [0.2, 0.25) is 0 Å². The van der Waals surface area contributed by atoms with Gasteiger partial charge in [-0.25, -0.2) is 0 Å². The van der Waals surface area contributed by atoms with Gasteiger partial charge in [0.2, 0.25) is 0 Å². The summed E-state index contributed by atoms with van der Waals surface area (Å²) in [6.07, 6.45) is 3.09. The molecule has 19 heavy (non-hydrogen) atoms. The van der Waals surface area contributed by atoms with Crippen molar-refractivity contribution in [3.05, 3.63) is 58.4 Å². The zero-order valence-electron chi connectivity index (χ0n) is 11.0. The van der Waals surface area contributed by atoms with Crippen LogP contribution < -0.4 is 5.32 Å². The van der Waals surface area contributed by atoms with E-state index >= 15 is 0 Å². The highest BCUT2D eigenvalue weighted by molar-refractivity contribution is 7.09. The summed E-state index contributed by atoms with van der Waals surface area (Å²) in [5.41, 5.74) is 2.54. The molecule has 98 valence electrons. The molecule has 0 spiro atoms. The third-order valence-corrected chi connectivity index (χ3v) is 4.26. The molecule has 0 amide bonds. The van der Waals surface area contributed by atoms with Crippen LogP contribution in [0.15, 0.2) is 48.0 Å². The van der Waals surface area contributed by atoms with Crippen molar-refractivity contribution >= 4 is 22.2 Å². The first-order valence-electron chi connectivity index (χ1n) is 6.63. The van der Waals surface area contributed by atoms with Gasteiger partial charge >= 0.3 is 0 Å². The Hall–Kier alpha value is -1.58. The van der Waals surface area contributed by atoms with Gasteiger partial charge in [-0.05, 0) is 53.9 Å². The number of nitrogens with one attached hydrogen (secondary N) is 2. The van der Waals surface area contributed by atoms with Crippen LogP contribution in [0.1, 0.15) is 17.4 Å². The van der Waals surface area contributed by atoms with Crippen molar-refractivity contribution in [2.45, 2.75) is 25.9 Å². The van der Waals surface area contributed by atoms with Gasteiger partial charge in [0.1, 0.15) is 0 Å². The predicted octanol–water partition coefficient (Wildman–Crippen LogP) is 3.95. The van der Waals surface area contributed by atoms with E-state index in [1.165, 1.54) is 21.3 Å². The number of aromatic nitrogens is 1. The van der Waals surface area contributed by atoms with E-state index in [4.69, 9.17) is 0 Å². The van der Waals surface area contributed by atoms with Gasteiger partial charge in [0, 0.05) is 29.2 Å². The lowest BCUT2D eigenvalue weighted by molar-refractivity contribution is 0.549. The summed E-state index contributed by atoms with van der Waals surface area (Å²) in [5, 5.41) is 7.01. The maximum absolute atomic E-state index is 3.59. The van der Waals surface area contributed by atoms with Crippen molar-refractivity contribution in [1.29, 1.82) is 0 Å². The summed E-state index contributed by atoms with van der Waals surface area (Å²) >= 11 is 1.83. The monoisotopic (exact) mass is 270 g/mol. The Labute approximate surface area is 117 Å². The number of rotatable bonds is 5. The summed E-state index contributed by atoms with van der Waals surface area (Å²) in [7, 11) is 0. The van der Waals surface area contributed by atoms with Gasteiger partial charge in [-0.1, -0.05) is 12.1 Å². The second-order valence-corrected chi connectivity index (χ2v) is 6.00. The predicted molar refractivity (Wildman–Crippen MR) is 82.6 cm³/mol. The van der Waals surface area contributed by atoms with Crippen LogP contribution in [0.25, 0.3) is 10.9 Å². The summed E-state index contributed by atoms with van der Waals surface area (Å²) in [6, 6.07) is 13.5. The molecule has 2 heterocycles. The maximum Gasteiger partial charge on any atom is 0.0454 e. The number of fused-ring (bicyclic) bond motifs is 1. The van der Waals surface area contributed by atoms with E-state index in [1.807, 2.05) is 17.5 Å². The van der Waals surface area contributed by atoms with Crippen molar-refractivity contribution < 1.29 is 0 Å². The van der Waals surface area contributed by atoms with Crippen LogP contribution in [0, 0.1) is 0 Å². The number of aromatic amines is 1. The minimum absolute atomic E-state index is 0.501. The molecular formula is C16H18N2S. The molecule has 2 nitrogen and oxygen atoms in total. The topological polar surface area (TPSA) is 27.8 Å². The highest BCUT2D eigenvalue weighted by Crippen LogP contribution is 2.15. The Morgan fingerprint density at radius 2 is 2.21 bits per heavy atom. The molecule has 0 saturated carbocycles. The molecular weight excluding hydrogens is 252 g/mol. The quantitative estimate of drug-likeness (QED) is 0.722. The molecule has 0 aliphatic heterocycles. The fourth-order valence-corrected chi connectivity index (χ4v) is 3.14. The Morgan fingerprint density at radius 3 is 3.05 bits per heavy atom. The molecule has 0 aliphatic carbocycles. The van der Waals surface area contributed by atoms with Crippen molar-refractivity contribution in [1.82, 2.24) is 10.3 Å². The average molecular weight is 270 g/mol. The number of H-pyrrole nitrogens is 1. The molecule has 2 N–H and O–H groups in total. The molecule has 1 unspecified atom stereocenters. The minimum atomic E-state index is 0.501. The van der Waals surface area contributed by atoms with E-state index in [0.29, 0.717) is 6.04 Å².